The summed E-state index contributed by atoms with van der Waals surface area (Å²) in [5.74, 6) is 1.51. The van der Waals surface area contributed by atoms with E-state index in [0.29, 0.717) is 12.5 Å². The lowest BCUT2D eigenvalue weighted by atomic mass is 10.1. The van der Waals surface area contributed by atoms with Gasteiger partial charge in [-0.05, 0) is 18.3 Å². The molecule has 0 bridgehead atoms. The Bertz CT molecular complexity index is 133. The molecule has 3 N–H and O–H groups in total. The molecule has 0 spiro atoms. The van der Waals surface area contributed by atoms with Gasteiger partial charge >= 0.3 is 6.03 Å². The van der Waals surface area contributed by atoms with E-state index in [1.807, 2.05) is 0 Å². The molecule has 86 valence electrons. The second-order valence-electron chi connectivity index (χ2n) is 4.28. The Morgan fingerprint density at radius 3 is 1.86 bits per heavy atom. The van der Waals surface area contributed by atoms with Crippen LogP contribution in [0.15, 0.2) is 0 Å². The van der Waals surface area contributed by atoms with Gasteiger partial charge in [0.05, 0.1) is 0 Å². The summed E-state index contributed by atoms with van der Waals surface area (Å²) in [5, 5.41) is 2.52. The van der Waals surface area contributed by atoms with Crippen LogP contribution in [0.1, 0.15) is 47.5 Å². The van der Waals surface area contributed by atoms with Crippen molar-refractivity contribution in [3.63, 3.8) is 0 Å². The first-order chi connectivity index (χ1) is 6.40. The lowest BCUT2D eigenvalue weighted by Gasteiger charge is -2.03. The molecule has 0 aliphatic carbocycles. The van der Waals surface area contributed by atoms with Crippen molar-refractivity contribution in [2.24, 2.45) is 17.6 Å². The Labute approximate surface area is 88.4 Å². The Kier molecular flexibility index (Phi) is 11.6. The predicted octanol–water partition coefficient (Wildman–Crippen LogP) is 2.75. The molecule has 0 aromatic rings. The van der Waals surface area contributed by atoms with E-state index in [9.17, 15) is 4.79 Å². The first kappa shape index (κ1) is 15.7. The van der Waals surface area contributed by atoms with Crippen LogP contribution in [-0.2, 0) is 0 Å². The average Bonchev–Trinajstić information content (AvgIpc) is 2.04. The molecule has 0 saturated heterocycles. The summed E-state index contributed by atoms with van der Waals surface area (Å²) in [6, 6.07) is -0.435. The molecular formula is C11H26N2O. The van der Waals surface area contributed by atoms with E-state index < -0.39 is 6.03 Å². The van der Waals surface area contributed by atoms with E-state index in [2.05, 4.69) is 39.9 Å². The van der Waals surface area contributed by atoms with Gasteiger partial charge in [-0.15, -0.1) is 0 Å². The van der Waals surface area contributed by atoms with Gasteiger partial charge in [0.2, 0.25) is 0 Å². The fourth-order valence-electron chi connectivity index (χ4n) is 0.484. The van der Waals surface area contributed by atoms with Gasteiger partial charge in [0.1, 0.15) is 0 Å². The van der Waals surface area contributed by atoms with Crippen LogP contribution in [0.25, 0.3) is 0 Å². The Balaban J connectivity index is 0. The number of hydrogen-bond donors (Lipinski definition) is 2. The minimum atomic E-state index is -0.435. The Morgan fingerprint density at radius 1 is 1.21 bits per heavy atom. The van der Waals surface area contributed by atoms with Crippen molar-refractivity contribution in [3.8, 4) is 0 Å². The number of nitrogens with two attached hydrogens (primary N) is 1. The van der Waals surface area contributed by atoms with E-state index in [1.54, 1.807) is 0 Å². The molecule has 0 fully saturated rings. The first-order valence-corrected chi connectivity index (χ1v) is 5.43. The Hall–Kier alpha value is -0.730. The second-order valence-corrected chi connectivity index (χ2v) is 4.28. The van der Waals surface area contributed by atoms with Gasteiger partial charge in [-0.2, -0.15) is 0 Å². The van der Waals surface area contributed by atoms with Crippen LogP contribution in [0.2, 0.25) is 0 Å². The normalized spacial score (nSPS) is 9.64. The van der Waals surface area contributed by atoms with E-state index >= 15 is 0 Å². The van der Waals surface area contributed by atoms with Gasteiger partial charge in [0.25, 0.3) is 0 Å². The molecule has 0 aliphatic rings. The number of carbonyl (C=O) groups excluding carboxylic acids is 1. The van der Waals surface area contributed by atoms with Gasteiger partial charge in [-0.1, -0.05) is 41.0 Å². The number of primary amides is 1. The first-order valence-electron chi connectivity index (χ1n) is 5.43. The van der Waals surface area contributed by atoms with Crippen molar-refractivity contribution in [1.82, 2.24) is 5.32 Å². The number of rotatable bonds is 4. The molecule has 14 heavy (non-hydrogen) atoms. The summed E-state index contributed by atoms with van der Waals surface area (Å²) < 4.78 is 0. The lowest BCUT2D eigenvalue weighted by Crippen LogP contribution is -2.30. The highest BCUT2D eigenvalue weighted by Gasteiger charge is 1.93. The highest BCUT2D eigenvalue weighted by atomic mass is 16.2. The molecule has 3 heteroatoms. The molecule has 0 aliphatic heterocycles. The summed E-state index contributed by atoms with van der Waals surface area (Å²) in [6.45, 7) is 11.5. The molecule has 0 unspecified atom stereocenters. The minimum absolute atomic E-state index is 0.435. The van der Waals surface area contributed by atoms with Crippen molar-refractivity contribution in [2.75, 3.05) is 6.54 Å². The smallest absolute Gasteiger partial charge is 0.312 e. The number of nitrogens with one attached hydrogen (secondary N) is 1. The molecule has 2 amide bonds. The average molecular weight is 202 g/mol. The van der Waals surface area contributed by atoms with Gasteiger partial charge in [-0.3, -0.25) is 0 Å². The van der Waals surface area contributed by atoms with E-state index in [0.717, 1.165) is 12.3 Å². The maximum atomic E-state index is 10.1. The van der Waals surface area contributed by atoms with Gasteiger partial charge in [0, 0.05) is 6.54 Å². The highest BCUT2D eigenvalue weighted by Crippen LogP contribution is 1.95. The van der Waals surface area contributed by atoms with Crippen LogP contribution < -0.4 is 11.1 Å². The zero-order valence-electron chi connectivity index (χ0n) is 10.3. The van der Waals surface area contributed by atoms with Crippen LogP contribution in [0.4, 0.5) is 4.79 Å². The van der Waals surface area contributed by atoms with Crippen molar-refractivity contribution < 1.29 is 4.79 Å². The van der Waals surface area contributed by atoms with E-state index in [-0.39, 0.29) is 0 Å². The number of carbonyl (C=O) groups is 1. The monoisotopic (exact) mass is 202 g/mol. The van der Waals surface area contributed by atoms with E-state index in [1.165, 1.54) is 6.42 Å². The van der Waals surface area contributed by atoms with E-state index in [4.69, 9.17) is 5.73 Å². The third kappa shape index (κ3) is 22.5. The fraction of sp³-hybridized carbons (Fsp3) is 0.909. The predicted molar refractivity (Wildman–Crippen MR) is 62.2 cm³/mol. The third-order valence-corrected chi connectivity index (χ3v) is 1.84. The van der Waals surface area contributed by atoms with Crippen molar-refractivity contribution >= 4 is 6.03 Å². The molecule has 3 nitrogen and oxygen atoms in total. The molecule has 0 saturated carbocycles. The Morgan fingerprint density at radius 2 is 1.64 bits per heavy atom. The maximum Gasteiger partial charge on any atom is 0.312 e. The van der Waals surface area contributed by atoms with Gasteiger partial charge in [0.15, 0.2) is 0 Å². The summed E-state index contributed by atoms with van der Waals surface area (Å²) in [5.41, 5.74) is 4.83. The zero-order valence-corrected chi connectivity index (χ0v) is 10.3. The number of hydrogen-bond acceptors (Lipinski definition) is 1. The summed E-state index contributed by atoms with van der Waals surface area (Å²) in [6.07, 6.45) is 2.29. The molecule has 0 rings (SSSR count). The molecule has 0 heterocycles. The SMILES string of the molecule is CC(C)CCNC(N)=O.CCC(C)C. The second kappa shape index (κ2) is 10.4. The summed E-state index contributed by atoms with van der Waals surface area (Å²) >= 11 is 0. The molecular weight excluding hydrogens is 176 g/mol. The molecule has 0 atom stereocenters. The van der Waals surface area contributed by atoms with Crippen molar-refractivity contribution in [2.45, 2.75) is 47.5 Å². The van der Waals surface area contributed by atoms with Crippen LogP contribution in [0.3, 0.4) is 0 Å². The van der Waals surface area contributed by atoms with Crippen LogP contribution in [-0.4, -0.2) is 12.6 Å². The lowest BCUT2D eigenvalue weighted by molar-refractivity contribution is 0.248. The van der Waals surface area contributed by atoms with Gasteiger partial charge < -0.3 is 11.1 Å². The van der Waals surface area contributed by atoms with Crippen LogP contribution in [0.5, 0.6) is 0 Å². The van der Waals surface area contributed by atoms with Crippen molar-refractivity contribution in [1.29, 1.82) is 0 Å². The standard InChI is InChI=1S/C6H14N2O.C5H12/c1-5(2)3-4-8-6(7)9;1-4-5(2)3/h5H,3-4H2,1-2H3,(H3,7,8,9);5H,4H2,1-3H3. The van der Waals surface area contributed by atoms with Crippen LogP contribution >= 0.6 is 0 Å². The van der Waals surface area contributed by atoms with Gasteiger partial charge in [-0.25, -0.2) is 4.79 Å². The number of amides is 2. The quantitative estimate of drug-likeness (QED) is 0.723. The molecule has 0 radical (unpaired) electrons. The summed E-state index contributed by atoms with van der Waals surface area (Å²) in [4.78, 5) is 10.1. The highest BCUT2D eigenvalue weighted by molar-refractivity contribution is 5.71. The topological polar surface area (TPSA) is 55.1 Å². The van der Waals surface area contributed by atoms with Crippen molar-refractivity contribution in [3.05, 3.63) is 0 Å². The third-order valence-electron chi connectivity index (χ3n) is 1.84. The largest absolute Gasteiger partial charge is 0.352 e. The number of urea groups is 1. The minimum Gasteiger partial charge on any atom is -0.352 e. The van der Waals surface area contributed by atoms with Crippen LogP contribution in [0, 0.1) is 11.8 Å². The maximum absolute atomic E-state index is 10.1. The molecule has 0 aromatic heterocycles. The fourth-order valence-corrected chi connectivity index (χ4v) is 0.484. The zero-order chi connectivity index (χ0) is 11.6. The summed E-state index contributed by atoms with van der Waals surface area (Å²) in [7, 11) is 0. The molecule has 0 aromatic carbocycles.